The van der Waals surface area contributed by atoms with Gasteiger partial charge in [-0.1, -0.05) is 41.9 Å². The molecule has 1 aliphatic rings. The first-order valence-electron chi connectivity index (χ1n) is 12.1. The van der Waals surface area contributed by atoms with Crippen molar-refractivity contribution >= 4 is 34.2 Å². The highest BCUT2D eigenvalue weighted by molar-refractivity contribution is 6.30. The monoisotopic (exact) mass is 488 g/mol. The lowest BCUT2D eigenvalue weighted by molar-refractivity contribution is -0.125. The van der Waals surface area contributed by atoms with Crippen molar-refractivity contribution in [2.45, 2.75) is 33.1 Å². The summed E-state index contributed by atoms with van der Waals surface area (Å²) >= 11 is 6.08. The van der Waals surface area contributed by atoms with Gasteiger partial charge >= 0.3 is 0 Å². The molecule has 0 spiro atoms. The van der Waals surface area contributed by atoms with Crippen molar-refractivity contribution in [1.82, 2.24) is 25.3 Å². The molecule has 0 aliphatic carbocycles. The van der Waals surface area contributed by atoms with Crippen LogP contribution in [0.25, 0.3) is 16.6 Å². The molecule has 2 aromatic carbocycles. The molecule has 8 heteroatoms. The molecule has 4 aromatic rings. The third kappa shape index (κ3) is 4.86. The number of rotatable bonds is 6. The molecule has 1 N–H and O–H groups in total. The Hall–Kier alpha value is -3.45. The SMILES string of the molecule is Cc1nnc(N2CCC[C@H](C(=O)NCCc3ccccc3)C2)c2nn(-c3ccc(Cl)cc3)c(C)c12. The fourth-order valence-electron chi connectivity index (χ4n) is 4.86. The number of nitrogens with zero attached hydrogens (tertiary/aromatic N) is 5. The van der Waals surface area contributed by atoms with Crippen LogP contribution >= 0.6 is 11.6 Å². The Bertz CT molecular complexity index is 1340. The maximum absolute atomic E-state index is 12.9. The third-order valence-electron chi connectivity index (χ3n) is 6.70. The lowest BCUT2D eigenvalue weighted by Crippen LogP contribution is -2.44. The van der Waals surface area contributed by atoms with Gasteiger partial charge in [0.2, 0.25) is 5.91 Å². The van der Waals surface area contributed by atoms with Gasteiger partial charge in [0.15, 0.2) is 5.82 Å². The first kappa shape index (κ1) is 23.3. The Morgan fingerprint density at radius 3 is 2.63 bits per heavy atom. The Kier molecular flexibility index (Phi) is 6.68. The Labute approximate surface area is 210 Å². The molecule has 1 amide bonds. The summed E-state index contributed by atoms with van der Waals surface area (Å²) in [5.74, 6) is 0.755. The molecule has 1 aliphatic heterocycles. The van der Waals surface area contributed by atoms with Crippen LogP contribution in [-0.2, 0) is 11.2 Å². The molecule has 5 rings (SSSR count). The van der Waals surface area contributed by atoms with Gasteiger partial charge in [-0.3, -0.25) is 4.79 Å². The number of carbonyl (C=O) groups excluding carboxylic acids is 1. The Balaban J connectivity index is 1.35. The second-order valence-corrected chi connectivity index (χ2v) is 9.55. The number of hydrogen-bond donors (Lipinski definition) is 1. The van der Waals surface area contributed by atoms with Gasteiger partial charge in [-0.05, 0) is 62.9 Å². The van der Waals surface area contributed by atoms with Crippen LogP contribution < -0.4 is 10.2 Å². The molecule has 2 aromatic heterocycles. The topological polar surface area (TPSA) is 75.9 Å². The van der Waals surface area contributed by atoms with Gasteiger partial charge in [0, 0.05) is 24.7 Å². The fraction of sp³-hybridized carbons (Fsp3) is 0.333. The van der Waals surface area contributed by atoms with E-state index in [1.54, 1.807) is 0 Å². The van der Waals surface area contributed by atoms with E-state index in [0.29, 0.717) is 18.1 Å². The van der Waals surface area contributed by atoms with Crippen LogP contribution in [0.1, 0.15) is 29.8 Å². The molecular weight excluding hydrogens is 460 g/mol. The number of nitrogens with one attached hydrogen (secondary N) is 1. The lowest BCUT2D eigenvalue weighted by Gasteiger charge is -2.32. The first-order valence-corrected chi connectivity index (χ1v) is 12.4. The van der Waals surface area contributed by atoms with Crippen LogP contribution in [0, 0.1) is 19.8 Å². The van der Waals surface area contributed by atoms with Crippen LogP contribution in [0.2, 0.25) is 5.02 Å². The number of hydrogen-bond acceptors (Lipinski definition) is 5. The van der Waals surface area contributed by atoms with Crippen molar-refractivity contribution in [2.75, 3.05) is 24.5 Å². The number of amides is 1. The van der Waals surface area contributed by atoms with E-state index in [4.69, 9.17) is 16.7 Å². The first-order chi connectivity index (χ1) is 17.0. The minimum Gasteiger partial charge on any atom is -0.355 e. The van der Waals surface area contributed by atoms with Gasteiger partial charge in [-0.25, -0.2) is 4.68 Å². The van der Waals surface area contributed by atoms with E-state index in [2.05, 4.69) is 32.5 Å². The quantitative estimate of drug-likeness (QED) is 0.427. The van der Waals surface area contributed by atoms with Crippen LogP contribution in [0.4, 0.5) is 5.82 Å². The number of aromatic nitrogens is 4. The molecule has 0 unspecified atom stereocenters. The molecule has 35 heavy (non-hydrogen) atoms. The number of benzene rings is 2. The zero-order valence-electron chi connectivity index (χ0n) is 20.0. The van der Waals surface area contributed by atoms with E-state index in [9.17, 15) is 4.79 Å². The highest BCUT2D eigenvalue weighted by Crippen LogP contribution is 2.31. The molecular formula is C27H29ClN6O. The van der Waals surface area contributed by atoms with Crippen molar-refractivity contribution in [3.63, 3.8) is 0 Å². The normalized spacial score (nSPS) is 16.0. The van der Waals surface area contributed by atoms with Crippen molar-refractivity contribution in [3.05, 3.63) is 76.6 Å². The highest BCUT2D eigenvalue weighted by atomic mass is 35.5. The van der Waals surface area contributed by atoms with Crippen LogP contribution in [0.15, 0.2) is 54.6 Å². The van der Waals surface area contributed by atoms with Crippen molar-refractivity contribution < 1.29 is 4.79 Å². The highest BCUT2D eigenvalue weighted by Gasteiger charge is 2.29. The lowest BCUT2D eigenvalue weighted by atomic mass is 9.97. The summed E-state index contributed by atoms with van der Waals surface area (Å²) in [4.78, 5) is 15.1. The predicted octanol–water partition coefficient (Wildman–Crippen LogP) is 4.66. The zero-order chi connectivity index (χ0) is 24.4. The minimum absolute atomic E-state index is 0.0860. The second-order valence-electron chi connectivity index (χ2n) is 9.12. The summed E-state index contributed by atoms with van der Waals surface area (Å²) in [5, 5.41) is 18.7. The van der Waals surface area contributed by atoms with Gasteiger partial charge in [0.1, 0.15) is 5.52 Å². The Morgan fingerprint density at radius 2 is 1.86 bits per heavy atom. The molecule has 7 nitrogen and oxygen atoms in total. The molecule has 1 fully saturated rings. The maximum Gasteiger partial charge on any atom is 0.224 e. The van der Waals surface area contributed by atoms with E-state index in [1.165, 1.54) is 5.56 Å². The summed E-state index contributed by atoms with van der Waals surface area (Å²) in [6.45, 7) is 6.07. The van der Waals surface area contributed by atoms with E-state index in [1.807, 2.05) is 61.0 Å². The average molecular weight is 489 g/mol. The summed E-state index contributed by atoms with van der Waals surface area (Å²) in [5.41, 5.74) is 4.82. The summed E-state index contributed by atoms with van der Waals surface area (Å²) in [6.07, 6.45) is 2.62. The van der Waals surface area contributed by atoms with Crippen LogP contribution in [-0.4, -0.2) is 45.5 Å². The summed E-state index contributed by atoms with van der Waals surface area (Å²) < 4.78 is 1.92. The van der Waals surface area contributed by atoms with E-state index in [-0.39, 0.29) is 11.8 Å². The standard InChI is InChI=1S/C27H29ClN6O/c1-18-24-19(2)34(23-12-10-22(28)11-13-23)32-25(24)26(31-30-18)33-16-6-9-21(17-33)27(35)29-15-14-20-7-4-3-5-8-20/h3-5,7-8,10-13,21H,6,9,14-17H2,1-2H3,(H,29,35)/t21-/m0/s1. The maximum atomic E-state index is 12.9. The van der Waals surface area contributed by atoms with Gasteiger partial charge in [0.25, 0.3) is 0 Å². The zero-order valence-corrected chi connectivity index (χ0v) is 20.8. The number of aryl methyl sites for hydroxylation is 2. The average Bonchev–Trinajstić information content (AvgIpc) is 3.23. The molecule has 1 atom stereocenters. The summed E-state index contributed by atoms with van der Waals surface area (Å²) in [7, 11) is 0. The fourth-order valence-corrected chi connectivity index (χ4v) is 4.99. The van der Waals surface area contributed by atoms with E-state index in [0.717, 1.165) is 59.6 Å². The Morgan fingerprint density at radius 1 is 1.09 bits per heavy atom. The summed E-state index contributed by atoms with van der Waals surface area (Å²) in [6, 6.07) is 17.8. The molecule has 3 heterocycles. The number of carbonyl (C=O) groups is 1. The predicted molar refractivity (Wildman–Crippen MR) is 139 cm³/mol. The number of piperidine rings is 1. The molecule has 1 saturated heterocycles. The van der Waals surface area contributed by atoms with Gasteiger partial charge in [-0.15, -0.1) is 5.10 Å². The molecule has 0 radical (unpaired) electrons. The van der Waals surface area contributed by atoms with Crippen LogP contribution in [0.3, 0.4) is 0 Å². The van der Waals surface area contributed by atoms with Crippen molar-refractivity contribution in [3.8, 4) is 5.69 Å². The largest absolute Gasteiger partial charge is 0.355 e. The number of fused-ring (bicyclic) bond motifs is 1. The van der Waals surface area contributed by atoms with E-state index >= 15 is 0 Å². The second kappa shape index (κ2) is 10.0. The third-order valence-corrected chi connectivity index (χ3v) is 6.96. The van der Waals surface area contributed by atoms with E-state index < -0.39 is 0 Å². The van der Waals surface area contributed by atoms with Crippen molar-refractivity contribution in [1.29, 1.82) is 0 Å². The smallest absolute Gasteiger partial charge is 0.224 e. The molecule has 0 saturated carbocycles. The van der Waals surface area contributed by atoms with Gasteiger partial charge < -0.3 is 10.2 Å². The van der Waals surface area contributed by atoms with Crippen molar-refractivity contribution in [2.24, 2.45) is 5.92 Å². The van der Waals surface area contributed by atoms with Gasteiger partial charge in [0.05, 0.1) is 28.4 Å². The molecule has 180 valence electrons. The van der Waals surface area contributed by atoms with Crippen LogP contribution in [0.5, 0.6) is 0 Å². The minimum atomic E-state index is -0.0860. The number of anilines is 1. The van der Waals surface area contributed by atoms with Gasteiger partial charge in [-0.2, -0.15) is 10.2 Å². The number of halogens is 1. The molecule has 0 bridgehead atoms.